The van der Waals surface area contributed by atoms with Crippen molar-refractivity contribution in [1.29, 1.82) is 0 Å². The van der Waals surface area contributed by atoms with Gasteiger partial charge in [0.1, 0.15) is 6.29 Å². The summed E-state index contributed by atoms with van der Waals surface area (Å²) >= 11 is 0. The summed E-state index contributed by atoms with van der Waals surface area (Å²) in [5, 5.41) is 8.96. The van der Waals surface area contributed by atoms with Crippen molar-refractivity contribution >= 4 is 12.1 Å². The highest BCUT2D eigenvalue weighted by atomic mass is 16.3. The van der Waals surface area contributed by atoms with Gasteiger partial charge in [-0.25, -0.2) is 0 Å². The molecule has 0 radical (unpaired) electrons. The Hall–Kier alpha value is -1.48. The van der Waals surface area contributed by atoms with E-state index < -0.39 is 0 Å². The first-order valence-electron chi connectivity index (χ1n) is 9.32. The van der Waals surface area contributed by atoms with Gasteiger partial charge in [0, 0.05) is 17.8 Å². The quantitative estimate of drug-likeness (QED) is 0.309. The molecule has 0 aromatic rings. The van der Waals surface area contributed by atoms with Crippen molar-refractivity contribution in [2.75, 3.05) is 6.61 Å². The number of carbonyl (C=O) groups excluding carboxylic acids is 2. The molecule has 0 heterocycles. The number of allylic oxidation sites excluding steroid dienone is 6. The van der Waals surface area contributed by atoms with Crippen molar-refractivity contribution in [2.24, 2.45) is 17.8 Å². The summed E-state index contributed by atoms with van der Waals surface area (Å²) in [7, 11) is 0. The van der Waals surface area contributed by atoms with Crippen LogP contribution in [0.15, 0.2) is 36.5 Å². The molecule has 0 fully saturated rings. The second-order valence-electron chi connectivity index (χ2n) is 6.59. The molecule has 0 spiro atoms. The van der Waals surface area contributed by atoms with Gasteiger partial charge in [0.15, 0.2) is 5.78 Å². The van der Waals surface area contributed by atoms with Gasteiger partial charge >= 0.3 is 0 Å². The summed E-state index contributed by atoms with van der Waals surface area (Å²) in [5.41, 5.74) is 0. The van der Waals surface area contributed by atoms with Crippen molar-refractivity contribution in [3.8, 4) is 0 Å². The summed E-state index contributed by atoms with van der Waals surface area (Å²) in [6.45, 7) is 2.12. The lowest BCUT2D eigenvalue weighted by Gasteiger charge is -2.12. The zero-order valence-corrected chi connectivity index (χ0v) is 14.9. The largest absolute Gasteiger partial charge is 0.396 e. The summed E-state index contributed by atoms with van der Waals surface area (Å²) in [6.07, 6.45) is 21.3. The van der Waals surface area contributed by atoms with E-state index in [1.54, 1.807) is 6.08 Å². The van der Waals surface area contributed by atoms with Crippen molar-refractivity contribution < 1.29 is 14.7 Å². The maximum atomic E-state index is 12.0. The maximum absolute atomic E-state index is 12.0. The van der Waals surface area contributed by atoms with Gasteiger partial charge in [-0.1, -0.05) is 56.6 Å². The Bertz CT molecular complexity index is 448. The lowest BCUT2D eigenvalue weighted by Crippen LogP contribution is -2.13. The minimum Gasteiger partial charge on any atom is -0.396 e. The first kappa shape index (κ1) is 20.6. The number of carbonyl (C=O) groups is 2. The minimum atomic E-state index is -0.271. The number of aldehydes is 1. The Balaban J connectivity index is 2.32. The fourth-order valence-electron chi connectivity index (χ4n) is 2.94. The Morgan fingerprint density at radius 3 is 2.71 bits per heavy atom. The molecule has 0 bridgehead atoms. The summed E-state index contributed by atoms with van der Waals surface area (Å²) in [5.74, 6) is 0.176. The summed E-state index contributed by atoms with van der Waals surface area (Å²) in [4.78, 5) is 22.6. The van der Waals surface area contributed by atoms with Crippen LogP contribution in [0.3, 0.4) is 0 Å². The molecule has 24 heavy (non-hydrogen) atoms. The molecule has 0 saturated heterocycles. The van der Waals surface area contributed by atoms with Crippen molar-refractivity contribution in [3.63, 3.8) is 0 Å². The van der Waals surface area contributed by atoms with Gasteiger partial charge in [0.05, 0.1) is 6.61 Å². The SMILES string of the molecule is CCCCCCC=C[C@H]1C=CC(=O)[C@@H]1CC=CCC[C@@H](C=O)CO. The molecule has 0 aliphatic heterocycles. The Kier molecular flexibility index (Phi) is 11.0. The lowest BCUT2D eigenvalue weighted by molar-refractivity contribution is -0.118. The molecule has 1 aliphatic rings. The predicted molar refractivity (Wildman–Crippen MR) is 98.7 cm³/mol. The molecule has 134 valence electrons. The van der Waals surface area contributed by atoms with Crippen molar-refractivity contribution in [3.05, 3.63) is 36.5 Å². The topological polar surface area (TPSA) is 54.4 Å². The second-order valence-corrected chi connectivity index (χ2v) is 6.59. The third kappa shape index (κ3) is 7.87. The normalized spacial score (nSPS) is 22.0. The number of hydrogen-bond donors (Lipinski definition) is 1. The molecule has 0 amide bonds. The molecule has 0 aromatic heterocycles. The van der Waals surface area contributed by atoms with Crippen LogP contribution in [0.5, 0.6) is 0 Å². The van der Waals surface area contributed by atoms with E-state index in [0.29, 0.717) is 6.42 Å². The van der Waals surface area contributed by atoms with Gasteiger partial charge in [0.25, 0.3) is 0 Å². The molecule has 1 N–H and O–H groups in total. The van der Waals surface area contributed by atoms with E-state index in [1.807, 2.05) is 18.2 Å². The van der Waals surface area contributed by atoms with Crippen LogP contribution in [0.25, 0.3) is 0 Å². The van der Waals surface area contributed by atoms with Gasteiger partial charge in [0.2, 0.25) is 0 Å². The zero-order chi connectivity index (χ0) is 17.6. The van der Waals surface area contributed by atoms with Crippen LogP contribution < -0.4 is 0 Å². The molecule has 1 rings (SSSR count). The van der Waals surface area contributed by atoms with Crippen LogP contribution in [-0.4, -0.2) is 23.8 Å². The van der Waals surface area contributed by atoms with E-state index in [0.717, 1.165) is 25.5 Å². The standard InChI is InChI=1S/C21H32O3/c1-2-3-4-5-6-9-12-19-14-15-21(24)20(19)13-10-7-8-11-18(16-22)17-23/h7,9-10,12,14-16,18-20,23H,2-6,8,11,13,17H2,1H3/t18-,19-,20+/m0/s1. The van der Waals surface area contributed by atoms with E-state index in [1.165, 1.54) is 25.7 Å². The summed E-state index contributed by atoms with van der Waals surface area (Å²) < 4.78 is 0. The second kappa shape index (κ2) is 12.9. The van der Waals surface area contributed by atoms with Crippen LogP contribution in [0, 0.1) is 17.8 Å². The highest BCUT2D eigenvalue weighted by Crippen LogP contribution is 2.27. The van der Waals surface area contributed by atoms with Gasteiger partial charge in [-0.05, 0) is 38.2 Å². The van der Waals surface area contributed by atoms with E-state index in [4.69, 9.17) is 5.11 Å². The molecule has 3 atom stereocenters. The van der Waals surface area contributed by atoms with Crippen LogP contribution >= 0.6 is 0 Å². The van der Waals surface area contributed by atoms with Crippen LogP contribution in [0.2, 0.25) is 0 Å². The summed E-state index contributed by atoms with van der Waals surface area (Å²) in [6, 6.07) is 0. The van der Waals surface area contributed by atoms with Crippen molar-refractivity contribution in [2.45, 2.75) is 58.3 Å². The van der Waals surface area contributed by atoms with Crippen LogP contribution in [0.4, 0.5) is 0 Å². The van der Waals surface area contributed by atoms with E-state index >= 15 is 0 Å². The van der Waals surface area contributed by atoms with E-state index in [-0.39, 0.29) is 30.1 Å². The maximum Gasteiger partial charge on any atom is 0.159 e. The molecule has 3 heteroatoms. The highest BCUT2D eigenvalue weighted by molar-refractivity contribution is 5.95. The molecule has 3 nitrogen and oxygen atoms in total. The Morgan fingerprint density at radius 1 is 1.17 bits per heavy atom. The Morgan fingerprint density at radius 2 is 2.00 bits per heavy atom. The van der Waals surface area contributed by atoms with Crippen LogP contribution in [-0.2, 0) is 9.59 Å². The molecule has 0 saturated carbocycles. The molecule has 1 aliphatic carbocycles. The average molecular weight is 332 g/mol. The fourth-order valence-corrected chi connectivity index (χ4v) is 2.94. The Labute approximate surface area is 146 Å². The number of unbranched alkanes of at least 4 members (excludes halogenated alkanes) is 4. The minimum absolute atomic E-state index is 0.0212. The lowest BCUT2D eigenvalue weighted by atomic mass is 9.90. The molecular weight excluding hydrogens is 300 g/mol. The van der Waals surface area contributed by atoms with Crippen molar-refractivity contribution in [1.82, 2.24) is 0 Å². The highest BCUT2D eigenvalue weighted by Gasteiger charge is 2.26. The number of aliphatic hydroxyl groups excluding tert-OH is 1. The fraction of sp³-hybridized carbons (Fsp3) is 0.619. The third-order valence-corrected chi connectivity index (χ3v) is 4.58. The first-order chi connectivity index (χ1) is 11.7. The number of ketones is 1. The molecular formula is C21H32O3. The number of aliphatic hydroxyl groups is 1. The number of hydrogen-bond acceptors (Lipinski definition) is 3. The van der Waals surface area contributed by atoms with Gasteiger partial charge in [-0.2, -0.15) is 0 Å². The molecule has 0 unspecified atom stereocenters. The molecule has 0 aromatic carbocycles. The van der Waals surface area contributed by atoms with Gasteiger partial charge in [-0.15, -0.1) is 0 Å². The monoisotopic (exact) mass is 332 g/mol. The van der Waals surface area contributed by atoms with Gasteiger partial charge in [-0.3, -0.25) is 4.79 Å². The third-order valence-electron chi connectivity index (χ3n) is 4.58. The van der Waals surface area contributed by atoms with E-state index in [9.17, 15) is 9.59 Å². The van der Waals surface area contributed by atoms with Gasteiger partial charge < -0.3 is 9.90 Å². The van der Waals surface area contributed by atoms with E-state index in [2.05, 4.69) is 19.1 Å². The first-order valence-corrected chi connectivity index (χ1v) is 9.32. The van der Waals surface area contributed by atoms with Crippen LogP contribution in [0.1, 0.15) is 58.3 Å². The average Bonchev–Trinajstić information content (AvgIpc) is 2.94. The predicted octanol–water partition coefficient (Wildman–Crippen LogP) is 4.42. The number of rotatable bonds is 13. The zero-order valence-electron chi connectivity index (χ0n) is 14.9. The smallest absolute Gasteiger partial charge is 0.159 e.